The molecule has 32 heavy (non-hydrogen) atoms. The van der Waals surface area contributed by atoms with Crippen molar-refractivity contribution in [2.24, 2.45) is 0 Å². The molecule has 0 fully saturated rings. The maximum absolute atomic E-state index is 13.0. The van der Waals surface area contributed by atoms with Crippen LogP contribution in [-0.4, -0.2) is 22.8 Å². The normalized spacial score (nSPS) is 14.2. The van der Waals surface area contributed by atoms with E-state index in [1.54, 1.807) is 7.11 Å². The van der Waals surface area contributed by atoms with Crippen molar-refractivity contribution in [3.63, 3.8) is 0 Å². The number of aromatic nitrogens is 2. The molecule has 168 valence electrons. The Bertz CT molecular complexity index is 1110. The Morgan fingerprint density at radius 3 is 2.50 bits per heavy atom. The molecule has 1 N–H and O–H groups in total. The second kappa shape index (κ2) is 8.81. The smallest absolute Gasteiger partial charge is 0.227 e. The van der Waals surface area contributed by atoms with Crippen LogP contribution in [0.1, 0.15) is 68.1 Å². The molecule has 1 aliphatic carbocycles. The summed E-state index contributed by atoms with van der Waals surface area (Å²) >= 11 is 0. The number of amides is 1. The topological polar surface area (TPSA) is 56.1 Å². The summed E-state index contributed by atoms with van der Waals surface area (Å²) in [6.07, 6.45) is 3.49. The van der Waals surface area contributed by atoms with Gasteiger partial charge < -0.3 is 10.1 Å². The van der Waals surface area contributed by atoms with E-state index >= 15 is 0 Å². The van der Waals surface area contributed by atoms with E-state index in [4.69, 9.17) is 9.84 Å². The molecule has 1 amide bonds. The number of benzene rings is 2. The first-order chi connectivity index (χ1) is 15.3. The Hall–Kier alpha value is -3.08. The molecule has 3 aromatic rings. The quantitative estimate of drug-likeness (QED) is 0.592. The highest BCUT2D eigenvalue weighted by atomic mass is 16.5. The van der Waals surface area contributed by atoms with E-state index < -0.39 is 0 Å². The number of nitrogens with one attached hydrogen (secondary N) is 1. The number of carbonyl (C=O) groups excluding carboxylic acids is 1. The fourth-order valence-electron chi connectivity index (χ4n) is 4.20. The number of nitrogens with zero attached hydrogens (tertiary/aromatic N) is 2. The minimum atomic E-state index is -0.194. The van der Waals surface area contributed by atoms with Crippen LogP contribution in [0.15, 0.2) is 48.5 Å². The summed E-state index contributed by atoms with van der Waals surface area (Å²) in [7, 11) is 1.66. The lowest BCUT2D eigenvalue weighted by molar-refractivity contribution is -0.122. The van der Waals surface area contributed by atoms with Gasteiger partial charge in [0.15, 0.2) is 0 Å². The molecule has 1 aromatic heterocycles. The van der Waals surface area contributed by atoms with E-state index in [9.17, 15) is 4.79 Å². The molecule has 0 saturated carbocycles. The molecule has 2 aromatic carbocycles. The van der Waals surface area contributed by atoms with Crippen LogP contribution in [0.25, 0.3) is 5.69 Å². The van der Waals surface area contributed by atoms with Gasteiger partial charge in [0.1, 0.15) is 5.75 Å². The van der Waals surface area contributed by atoms with Crippen molar-refractivity contribution in [3.8, 4) is 11.4 Å². The minimum Gasteiger partial charge on any atom is -0.497 e. The number of carbonyl (C=O) groups is 1. The number of methoxy groups -OCH3 is 1. The Kier molecular flexibility index (Phi) is 6.09. The molecule has 1 atom stereocenters. The summed E-state index contributed by atoms with van der Waals surface area (Å²) in [6.45, 7) is 8.83. The molecule has 5 nitrogen and oxygen atoms in total. The molecule has 1 unspecified atom stereocenters. The summed E-state index contributed by atoms with van der Waals surface area (Å²) in [5.41, 5.74) is 6.71. The van der Waals surface area contributed by atoms with Crippen LogP contribution >= 0.6 is 0 Å². The third kappa shape index (κ3) is 4.57. The Balaban J connectivity index is 1.53. The number of fused-ring (bicyclic) bond motifs is 1. The molecule has 1 heterocycles. The van der Waals surface area contributed by atoms with Gasteiger partial charge >= 0.3 is 0 Å². The molecule has 0 radical (unpaired) electrons. The summed E-state index contributed by atoms with van der Waals surface area (Å²) < 4.78 is 7.20. The van der Waals surface area contributed by atoms with Gasteiger partial charge in [0.25, 0.3) is 0 Å². The van der Waals surface area contributed by atoms with Gasteiger partial charge in [-0.3, -0.25) is 4.79 Å². The molecular weight excluding hydrogens is 398 g/mol. The number of hydrogen-bond donors (Lipinski definition) is 1. The van der Waals surface area contributed by atoms with Gasteiger partial charge in [0.05, 0.1) is 36.6 Å². The lowest BCUT2D eigenvalue weighted by Gasteiger charge is -2.15. The largest absolute Gasteiger partial charge is 0.497 e. The first-order valence-corrected chi connectivity index (χ1v) is 11.4. The Morgan fingerprint density at radius 2 is 1.81 bits per heavy atom. The van der Waals surface area contributed by atoms with Crippen LogP contribution in [0, 0.1) is 0 Å². The summed E-state index contributed by atoms with van der Waals surface area (Å²) in [6, 6.07) is 16.4. The predicted octanol–water partition coefficient (Wildman–Crippen LogP) is 5.09. The van der Waals surface area contributed by atoms with Crippen molar-refractivity contribution in [3.05, 3.63) is 76.6 Å². The molecule has 0 saturated heterocycles. The summed E-state index contributed by atoms with van der Waals surface area (Å²) in [4.78, 5) is 13.0. The second-order valence-corrected chi connectivity index (χ2v) is 9.70. The van der Waals surface area contributed by atoms with Crippen molar-refractivity contribution < 1.29 is 9.53 Å². The van der Waals surface area contributed by atoms with Gasteiger partial charge in [-0.25, -0.2) is 4.68 Å². The van der Waals surface area contributed by atoms with Crippen molar-refractivity contribution in [2.75, 3.05) is 7.11 Å². The molecule has 5 heteroatoms. The molecule has 0 aliphatic heterocycles. The van der Waals surface area contributed by atoms with E-state index in [1.807, 2.05) is 35.9 Å². The summed E-state index contributed by atoms with van der Waals surface area (Å²) in [5, 5.41) is 7.99. The Labute approximate surface area is 190 Å². The maximum Gasteiger partial charge on any atom is 0.227 e. The van der Waals surface area contributed by atoms with Crippen molar-refractivity contribution >= 4 is 5.91 Å². The molecule has 0 spiro atoms. The summed E-state index contributed by atoms with van der Waals surface area (Å²) in [5.74, 6) is 0.637. The van der Waals surface area contributed by atoms with Crippen molar-refractivity contribution in [2.45, 2.75) is 64.8 Å². The third-order valence-corrected chi connectivity index (χ3v) is 6.33. The number of aryl methyl sites for hydroxylation is 2. The highest BCUT2D eigenvalue weighted by molar-refractivity contribution is 5.83. The molecule has 0 bridgehead atoms. The number of rotatable bonds is 6. The minimum absolute atomic E-state index is 0.0303. The van der Waals surface area contributed by atoms with Gasteiger partial charge in [0, 0.05) is 5.41 Å². The monoisotopic (exact) mass is 431 g/mol. The van der Waals surface area contributed by atoms with Gasteiger partial charge in [-0.05, 0) is 73.2 Å². The zero-order valence-electron chi connectivity index (χ0n) is 19.7. The van der Waals surface area contributed by atoms with Crippen LogP contribution in [0.4, 0.5) is 0 Å². The fraction of sp³-hybridized carbons (Fsp3) is 0.407. The fourth-order valence-corrected chi connectivity index (χ4v) is 4.20. The number of hydrogen-bond acceptors (Lipinski definition) is 3. The van der Waals surface area contributed by atoms with E-state index in [2.05, 4.69) is 50.4 Å². The molecule has 1 aliphatic rings. The van der Waals surface area contributed by atoms with Crippen LogP contribution in [0.5, 0.6) is 5.75 Å². The zero-order valence-corrected chi connectivity index (χ0v) is 19.7. The van der Waals surface area contributed by atoms with Gasteiger partial charge in [-0.1, -0.05) is 39.0 Å². The third-order valence-electron chi connectivity index (χ3n) is 6.33. The molecular formula is C27H33N3O2. The average molecular weight is 432 g/mol. The maximum atomic E-state index is 13.0. The highest BCUT2D eigenvalue weighted by Crippen LogP contribution is 2.27. The van der Waals surface area contributed by atoms with Crippen LogP contribution < -0.4 is 10.1 Å². The zero-order chi connectivity index (χ0) is 22.9. The van der Waals surface area contributed by atoms with E-state index in [0.717, 1.165) is 41.2 Å². The Morgan fingerprint density at radius 1 is 1.09 bits per heavy atom. The standard InChI is InChI=1S/C27H33N3O2/c1-18(20-10-9-19-7-6-8-21(19)15-20)26(31)28-17-23-16-25(27(2,3)4)29-30(23)22-11-13-24(32-5)14-12-22/h9-16,18H,6-8,17H2,1-5H3,(H,28,31). The lowest BCUT2D eigenvalue weighted by Crippen LogP contribution is -2.28. The SMILES string of the molecule is COc1ccc(-n2nc(C(C)(C)C)cc2CNC(=O)C(C)c2ccc3c(c2)CCC3)cc1. The van der Waals surface area contributed by atoms with Crippen LogP contribution in [0.2, 0.25) is 0 Å². The van der Waals surface area contributed by atoms with Gasteiger partial charge in [0.2, 0.25) is 5.91 Å². The lowest BCUT2D eigenvalue weighted by atomic mass is 9.92. The highest BCUT2D eigenvalue weighted by Gasteiger charge is 2.22. The predicted molar refractivity (Wildman–Crippen MR) is 128 cm³/mol. The average Bonchev–Trinajstić information content (AvgIpc) is 3.43. The first kappa shape index (κ1) is 22.1. The first-order valence-electron chi connectivity index (χ1n) is 11.4. The van der Waals surface area contributed by atoms with E-state index in [0.29, 0.717) is 6.54 Å². The molecule has 4 rings (SSSR count). The van der Waals surface area contributed by atoms with Crippen molar-refractivity contribution in [1.82, 2.24) is 15.1 Å². The second-order valence-electron chi connectivity index (χ2n) is 9.70. The van der Waals surface area contributed by atoms with Crippen LogP contribution in [-0.2, 0) is 29.6 Å². The van der Waals surface area contributed by atoms with E-state index in [-0.39, 0.29) is 17.2 Å². The number of ether oxygens (including phenoxy) is 1. The van der Waals surface area contributed by atoms with Gasteiger partial charge in [-0.2, -0.15) is 5.10 Å². The van der Waals surface area contributed by atoms with Crippen molar-refractivity contribution in [1.29, 1.82) is 0 Å². The van der Waals surface area contributed by atoms with E-state index in [1.165, 1.54) is 17.5 Å². The van der Waals surface area contributed by atoms with Crippen LogP contribution in [0.3, 0.4) is 0 Å². The van der Waals surface area contributed by atoms with Gasteiger partial charge in [-0.15, -0.1) is 0 Å².